The molecule has 2 fully saturated rings. The molecule has 0 bridgehead atoms. The lowest BCUT2D eigenvalue weighted by atomic mass is 9.78. The van der Waals surface area contributed by atoms with Crippen molar-refractivity contribution in [2.75, 3.05) is 32.1 Å². The fourth-order valence-electron chi connectivity index (χ4n) is 3.27. The molecular weight excluding hydrogens is 318 g/mol. The van der Waals surface area contributed by atoms with Gasteiger partial charge < -0.3 is 20.7 Å². The molecule has 136 valence electrons. The van der Waals surface area contributed by atoms with E-state index < -0.39 is 5.41 Å². The number of rotatable bonds is 6. The number of carbonyl (C=O) groups excluding carboxylic acids is 2. The Kier molecular flexibility index (Phi) is 5.39. The van der Waals surface area contributed by atoms with Gasteiger partial charge in [0.25, 0.3) is 5.91 Å². The summed E-state index contributed by atoms with van der Waals surface area (Å²) in [5, 5.41) is 9.31. The Hall–Kier alpha value is -1.92. The lowest BCUT2D eigenvalue weighted by Crippen LogP contribution is -2.47. The van der Waals surface area contributed by atoms with Crippen LogP contribution in [0.5, 0.6) is 0 Å². The smallest absolute Gasteiger partial charge is 0.251 e. The van der Waals surface area contributed by atoms with E-state index in [1.165, 1.54) is 0 Å². The minimum Gasteiger partial charge on any atom is -0.384 e. The summed E-state index contributed by atoms with van der Waals surface area (Å²) in [6, 6.07) is 5.76. The summed E-state index contributed by atoms with van der Waals surface area (Å²) >= 11 is 0. The lowest BCUT2D eigenvalue weighted by Gasteiger charge is -2.35. The van der Waals surface area contributed by atoms with E-state index >= 15 is 0 Å². The molecule has 6 heteroatoms. The maximum absolute atomic E-state index is 13.0. The van der Waals surface area contributed by atoms with Crippen molar-refractivity contribution < 1.29 is 14.3 Å². The number of carbonyl (C=O) groups is 2. The molecule has 1 aliphatic heterocycles. The van der Waals surface area contributed by atoms with E-state index in [-0.39, 0.29) is 11.8 Å². The van der Waals surface area contributed by atoms with Gasteiger partial charge in [0.05, 0.1) is 12.0 Å². The summed E-state index contributed by atoms with van der Waals surface area (Å²) in [7, 11) is 1.63. The average Bonchev–Trinajstić information content (AvgIpc) is 3.41. The summed E-state index contributed by atoms with van der Waals surface area (Å²) < 4.78 is 5.33. The van der Waals surface area contributed by atoms with Crippen LogP contribution < -0.4 is 16.0 Å². The Balaban J connectivity index is 1.75. The van der Waals surface area contributed by atoms with E-state index in [1.807, 2.05) is 13.0 Å². The topological polar surface area (TPSA) is 79.5 Å². The second-order valence-corrected chi connectivity index (χ2v) is 7.19. The number of piperidine rings is 1. The van der Waals surface area contributed by atoms with E-state index in [2.05, 4.69) is 16.0 Å². The monoisotopic (exact) mass is 345 g/mol. The minimum absolute atomic E-state index is 0.0290. The number of amides is 2. The zero-order valence-electron chi connectivity index (χ0n) is 15.0. The van der Waals surface area contributed by atoms with Gasteiger partial charge in [0.15, 0.2) is 0 Å². The van der Waals surface area contributed by atoms with Crippen LogP contribution in [-0.2, 0) is 9.53 Å². The molecule has 1 heterocycles. The quantitative estimate of drug-likeness (QED) is 0.735. The molecule has 2 aliphatic rings. The van der Waals surface area contributed by atoms with Gasteiger partial charge in [-0.2, -0.15) is 0 Å². The molecular formula is C19H27N3O3. The molecule has 6 nitrogen and oxygen atoms in total. The first-order valence-corrected chi connectivity index (χ1v) is 8.97. The number of benzene rings is 1. The van der Waals surface area contributed by atoms with Crippen LogP contribution in [-0.4, -0.2) is 44.7 Å². The molecule has 3 rings (SSSR count). The summed E-state index contributed by atoms with van der Waals surface area (Å²) in [6.45, 7) is 3.95. The van der Waals surface area contributed by atoms with E-state index in [0.29, 0.717) is 23.9 Å². The molecule has 1 saturated heterocycles. The third kappa shape index (κ3) is 4.19. The van der Waals surface area contributed by atoms with Crippen LogP contribution >= 0.6 is 0 Å². The highest BCUT2D eigenvalue weighted by Gasteiger charge is 2.39. The van der Waals surface area contributed by atoms with Crippen molar-refractivity contribution in [3.05, 3.63) is 29.3 Å². The van der Waals surface area contributed by atoms with E-state index in [0.717, 1.165) is 44.3 Å². The van der Waals surface area contributed by atoms with Gasteiger partial charge in [-0.1, -0.05) is 6.07 Å². The normalized spacial score (nSPS) is 19.3. The van der Waals surface area contributed by atoms with Gasteiger partial charge in [0.1, 0.15) is 0 Å². The standard InChI is InChI=1S/C19H27N3O3/c1-13-3-4-14(17(23)21-15-5-6-15)11-16(13)22-18(24)19(12-25-2)7-9-20-10-8-19/h3-4,11,15,20H,5-10,12H2,1-2H3,(H,21,23)(H,22,24). The zero-order valence-corrected chi connectivity index (χ0v) is 15.0. The van der Waals surface area contributed by atoms with Crippen molar-refractivity contribution in [1.82, 2.24) is 10.6 Å². The molecule has 3 N–H and O–H groups in total. The van der Waals surface area contributed by atoms with Gasteiger partial charge >= 0.3 is 0 Å². The molecule has 0 radical (unpaired) electrons. The van der Waals surface area contributed by atoms with Crippen LogP contribution in [0.25, 0.3) is 0 Å². The Morgan fingerprint density at radius 1 is 1.28 bits per heavy atom. The minimum atomic E-state index is -0.515. The van der Waals surface area contributed by atoms with Crippen LogP contribution in [0.1, 0.15) is 41.6 Å². The SMILES string of the molecule is COCC1(C(=O)Nc2cc(C(=O)NC3CC3)ccc2C)CCNCC1. The molecule has 0 spiro atoms. The molecule has 0 atom stereocenters. The van der Waals surface area contributed by atoms with Gasteiger partial charge in [-0.05, 0) is 63.4 Å². The highest BCUT2D eigenvalue weighted by Crippen LogP contribution is 2.31. The van der Waals surface area contributed by atoms with Crippen LogP contribution in [0.15, 0.2) is 18.2 Å². The van der Waals surface area contributed by atoms with Crippen molar-refractivity contribution in [2.45, 2.75) is 38.6 Å². The van der Waals surface area contributed by atoms with Gasteiger partial charge in [0.2, 0.25) is 5.91 Å². The molecule has 0 unspecified atom stereocenters. The van der Waals surface area contributed by atoms with Crippen LogP contribution in [0.3, 0.4) is 0 Å². The zero-order chi connectivity index (χ0) is 17.9. The summed E-state index contributed by atoms with van der Waals surface area (Å²) in [4.78, 5) is 25.2. The predicted molar refractivity (Wildman–Crippen MR) is 96.7 cm³/mol. The Morgan fingerprint density at radius 2 is 2.00 bits per heavy atom. The second kappa shape index (κ2) is 7.54. The van der Waals surface area contributed by atoms with Crippen molar-refractivity contribution in [3.8, 4) is 0 Å². The van der Waals surface area contributed by atoms with Gasteiger partial charge in [0, 0.05) is 24.4 Å². The Morgan fingerprint density at radius 3 is 2.64 bits per heavy atom. The Labute approximate surface area is 148 Å². The number of ether oxygens (including phenoxy) is 1. The highest BCUT2D eigenvalue weighted by molar-refractivity contribution is 5.99. The molecule has 1 aromatic rings. The molecule has 0 aromatic heterocycles. The van der Waals surface area contributed by atoms with E-state index in [4.69, 9.17) is 4.74 Å². The first-order valence-electron chi connectivity index (χ1n) is 8.97. The average molecular weight is 345 g/mol. The molecule has 25 heavy (non-hydrogen) atoms. The van der Waals surface area contributed by atoms with E-state index in [9.17, 15) is 9.59 Å². The highest BCUT2D eigenvalue weighted by atomic mass is 16.5. The summed E-state index contributed by atoms with van der Waals surface area (Å²) in [6.07, 6.45) is 3.59. The largest absolute Gasteiger partial charge is 0.384 e. The third-order valence-electron chi connectivity index (χ3n) is 5.12. The van der Waals surface area contributed by atoms with Crippen molar-refractivity contribution in [3.63, 3.8) is 0 Å². The van der Waals surface area contributed by atoms with Crippen molar-refractivity contribution in [1.29, 1.82) is 0 Å². The van der Waals surface area contributed by atoms with E-state index in [1.54, 1.807) is 19.2 Å². The number of hydrogen-bond acceptors (Lipinski definition) is 4. The fraction of sp³-hybridized carbons (Fsp3) is 0.579. The van der Waals surface area contributed by atoms with Crippen molar-refractivity contribution in [2.24, 2.45) is 5.41 Å². The van der Waals surface area contributed by atoms with Crippen LogP contribution in [0.2, 0.25) is 0 Å². The second-order valence-electron chi connectivity index (χ2n) is 7.19. The third-order valence-corrected chi connectivity index (χ3v) is 5.12. The molecule has 1 aromatic carbocycles. The number of aryl methyl sites for hydroxylation is 1. The van der Waals surface area contributed by atoms with Crippen LogP contribution in [0, 0.1) is 12.3 Å². The molecule has 1 aliphatic carbocycles. The van der Waals surface area contributed by atoms with Crippen molar-refractivity contribution >= 4 is 17.5 Å². The number of anilines is 1. The summed E-state index contributed by atoms with van der Waals surface area (Å²) in [5.41, 5.74) is 1.71. The number of nitrogens with one attached hydrogen (secondary N) is 3. The number of methoxy groups -OCH3 is 1. The van der Waals surface area contributed by atoms with Gasteiger partial charge in [-0.3, -0.25) is 9.59 Å². The first-order chi connectivity index (χ1) is 12.0. The fourth-order valence-corrected chi connectivity index (χ4v) is 3.27. The summed E-state index contributed by atoms with van der Waals surface area (Å²) in [5.74, 6) is -0.106. The maximum atomic E-state index is 13.0. The Bertz CT molecular complexity index is 644. The lowest BCUT2D eigenvalue weighted by molar-refractivity contribution is -0.130. The predicted octanol–water partition coefficient (Wildman–Crippen LogP) is 1.84. The molecule has 2 amide bonds. The maximum Gasteiger partial charge on any atom is 0.251 e. The van der Waals surface area contributed by atoms with Crippen LogP contribution in [0.4, 0.5) is 5.69 Å². The number of hydrogen-bond donors (Lipinski definition) is 3. The first kappa shape index (κ1) is 17.9. The van der Waals surface area contributed by atoms with Gasteiger partial charge in [-0.25, -0.2) is 0 Å². The molecule has 1 saturated carbocycles. The van der Waals surface area contributed by atoms with Gasteiger partial charge in [-0.15, -0.1) is 0 Å².